The Labute approximate surface area is 177 Å². The van der Waals surface area contributed by atoms with Gasteiger partial charge in [0.2, 0.25) is 0 Å². The van der Waals surface area contributed by atoms with E-state index >= 15 is 0 Å². The summed E-state index contributed by atoms with van der Waals surface area (Å²) < 4.78 is 5.74. The molecule has 0 fully saturated rings. The molecule has 30 heavy (non-hydrogen) atoms. The molecule has 0 bridgehead atoms. The van der Waals surface area contributed by atoms with Gasteiger partial charge in [0, 0.05) is 27.2 Å². The monoisotopic (exact) mass is 409 g/mol. The van der Waals surface area contributed by atoms with Crippen LogP contribution in [0.3, 0.4) is 0 Å². The number of benzene rings is 4. The van der Waals surface area contributed by atoms with E-state index in [1.54, 1.807) is 0 Å². The van der Waals surface area contributed by atoms with Gasteiger partial charge in [-0.05, 0) is 40.6 Å². The van der Waals surface area contributed by atoms with Crippen LogP contribution in [0.4, 0.5) is 5.69 Å². The molecule has 1 aromatic heterocycles. The van der Waals surface area contributed by atoms with Crippen LogP contribution in [0.15, 0.2) is 94.1 Å². The fourth-order valence-electron chi connectivity index (χ4n) is 4.49. The van der Waals surface area contributed by atoms with Crippen LogP contribution in [0, 0.1) is 0 Å². The van der Waals surface area contributed by atoms with Crippen LogP contribution >= 0.6 is 11.6 Å². The van der Waals surface area contributed by atoms with Gasteiger partial charge in [0.1, 0.15) is 5.58 Å². The lowest BCUT2D eigenvalue weighted by molar-refractivity contribution is 0.547. The van der Waals surface area contributed by atoms with Gasteiger partial charge in [0.05, 0.1) is 11.6 Å². The molecule has 1 aliphatic rings. The zero-order valence-corrected chi connectivity index (χ0v) is 16.6. The van der Waals surface area contributed by atoms with Gasteiger partial charge in [-0.1, -0.05) is 72.3 Å². The molecule has 6 rings (SSSR count). The van der Waals surface area contributed by atoms with Crippen LogP contribution in [0.2, 0.25) is 5.02 Å². The van der Waals surface area contributed by atoms with Crippen molar-refractivity contribution in [3.05, 3.63) is 111 Å². The Morgan fingerprint density at radius 3 is 2.33 bits per heavy atom. The van der Waals surface area contributed by atoms with Gasteiger partial charge in [0.15, 0.2) is 0 Å². The molecule has 0 saturated heterocycles. The van der Waals surface area contributed by atoms with Gasteiger partial charge in [-0.3, -0.25) is 0 Å². The Bertz CT molecular complexity index is 1500. The molecule has 0 unspecified atom stereocenters. The van der Waals surface area contributed by atoms with Gasteiger partial charge in [-0.25, -0.2) is 4.79 Å². The lowest BCUT2D eigenvalue weighted by Crippen LogP contribution is -2.25. The molecule has 0 saturated carbocycles. The second-order valence-corrected chi connectivity index (χ2v) is 7.95. The highest BCUT2D eigenvalue weighted by Crippen LogP contribution is 2.47. The zero-order valence-electron chi connectivity index (χ0n) is 15.9. The summed E-state index contributed by atoms with van der Waals surface area (Å²) in [5.74, 6) is 0. The Balaban J connectivity index is 1.77. The molecule has 144 valence electrons. The zero-order chi connectivity index (χ0) is 20.2. The normalized spacial score (nSPS) is 14.9. The van der Waals surface area contributed by atoms with Crippen molar-refractivity contribution in [2.75, 3.05) is 5.32 Å². The second kappa shape index (κ2) is 6.48. The third-order valence-electron chi connectivity index (χ3n) is 5.82. The van der Waals surface area contributed by atoms with Crippen LogP contribution in [-0.4, -0.2) is 0 Å². The molecule has 0 spiro atoms. The standard InChI is InChI=1S/C26H16ClNO2/c27-17-12-9-16(10-13-17)25-24-23(19-7-3-4-8-21(19)30-26(24)29)22-18-6-2-1-5-15(18)11-14-20(22)28-25/h1-14,25,28H/t25-/m1/s1. The van der Waals surface area contributed by atoms with Crippen LogP contribution in [0.5, 0.6) is 0 Å². The smallest absolute Gasteiger partial charge is 0.342 e. The fraction of sp³-hybridized carbons (Fsp3) is 0.0385. The molecule has 1 atom stereocenters. The van der Waals surface area contributed by atoms with E-state index in [1.165, 1.54) is 0 Å². The average molecular weight is 410 g/mol. The molecule has 1 aliphatic heterocycles. The molecule has 0 amide bonds. The molecular formula is C26H16ClNO2. The van der Waals surface area contributed by atoms with Crippen molar-refractivity contribution in [2.45, 2.75) is 6.04 Å². The summed E-state index contributed by atoms with van der Waals surface area (Å²) in [5, 5.41) is 7.41. The summed E-state index contributed by atoms with van der Waals surface area (Å²) in [6, 6.07) is 27.4. The molecule has 1 N–H and O–H groups in total. The highest BCUT2D eigenvalue weighted by Gasteiger charge is 2.32. The van der Waals surface area contributed by atoms with Crippen molar-refractivity contribution >= 4 is 39.0 Å². The van der Waals surface area contributed by atoms with Crippen molar-refractivity contribution in [3.8, 4) is 11.1 Å². The third kappa shape index (κ3) is 2.49. The van der Waals surface area contributed by atoms with Crippen molar-refractivity contribution < 1.29 is 4.42 Å². The Morgan fingerprint density at radius 2 is 1.50 bits per heavy atom. The topological polar surface area (TPSA) is 42.2 Å². The minimum absolute atomic E-state index is 0.324. The maximum Gasteiger partial charge on any atom is 0.342 e. The molecule has 3 nitrogen and oxygen atoms in total. The number of hydrogen-bond acceptors (Lipinski definition) is 3. The molecule has 5 aromatic rings. The summed E-state index contributed by atoms with van der Waals surface area (Å²) in [6.45, 7) is 0. The highest BCUT2D eigenvalue weighted by atomic mass is 35.5. The van der Waals surface area contributed by atoms with Crippen molar-refractivity contribution in [3.63, 3.8) is 0 Å². The van der Waals surface area contributed by atoms with E-state index in [0.717, 1.165) is 38.5 Å². The molecular weight excluding hydrogens is 394 g/mol. The minimum atomic E-state index is -0.327. The molecule has 4 heteroatoms. The summed E-state index contributed by atoms with van der Waals surface area (Å²) in [7, 11) is 0. The van der Waals surface area contributed by atoms with Gasteiger partial charge in [0.25, 0.3) is 0 Å². The van der Waals surface area contributed by atoms with E-state index in [0.29, 0.717) is 16.2 Å². The summed E-state index contributed by atoms with van der Waals surface area (Å²) >= 11 is 6.11. The first-order chi connectivity index (χ1) is 14.7. The Hall–Kier alpha value is -3.56. The Morgan fingerprint density at radius 1 is 0.767 bits per heavy atom. The predicted molar refractivity (Wildman–Crippen MR) is 122 cm³/mol. The van der Waals surface area contributed by atoms with Gasteiger partial charge < -0.3 is 9.73 Å². The SMILES string of the molecule is O=c1oc2ccccc2c2c1[C@@H](c1ccc(Cl)cc1)Nc1ccc3ccccc3c1-2. The van der Waals surface area contributed by atoms with E-state index < -0.39 is 0 Å². The summed E-state index contributed by atoms with van der Waals surface area (Å²) in [4.78, 5) is 13.2. The van der Waals surface area contributed by atoms with E-state index in [-0.39, 0.29) is 11.7 Å². The molecule has 2 heterocycles. The minimum Gasteiger partial charge on any atom is -0.422 e. The van der Waals surface area contributed by atoms with Crippen LogP contribution in [0.25, 0.3) is 32.9 Å². The summed E-state index contributed by atoms with van der Waals surface area (Å²) in [6.07, 6.45) is 0. The number of hydrogen-bond donors (Lipinski definition) is 1. The largest absolute Gasteiger partial charge is 0.422 e. The lowest BCUT2D eigenvalue weighted by Gasteiger charge is -2.30. The first kappa shape index (κ1) is 17.3. The first-order valence-corrected chi connectivity index (χ1v) is 10.2. The van der Waals surface area contributed by atoms with E-state index in [4.69, 9.17) is 16.0 Å². The first-order valence-electron chi connectivity index (χ1n) is 9.80. The lowest BCUT2D eigenvalue weighted by atomic mass is 9.83. The maximum absolute atomic E-state index is 13.2. The number of halogens is 1. The third-order valence-corrected chi connectivity index (χ3v) is 6.07. The van der Waals surface area contributed by atoms with Crippen molar-refractivity contribution in [2.24, 2.45) is 0 Å². The maximum atomic E-state index is 13.2. The van der Waals surface area contributed by atoms with Gasteiger partial charge in [-0.2, -0.15) is 0 Å². The van der Waals surface area contributed by atoms with Crippen molar-refractivity contribution in [1.29, 1.82) is 0 Å². The number of rotatable bonds is 1. The van der Waals surface area contributed by atoms with E-state index in [1.807, 2.05) is 60.7 Å². The van der Waals surface area contributed by atoms with E-state index in [9.17, 15) is 4.79 Å². The van der Waals surface area contributed by atoms with Gasteiger partial charge >= 0.3 is 5.63 Å². The summed E-state index contributed by atoms with van der Waals surface area (Å²) in [5.41, 5.74) is 4.83. The second-order valence-electron chi connectivity index (χ2n) is 7.51. The van der Waals surface area contributed by atoms with Crippen LogP contribution in [0.1, 0.15) is 17.2 Å². The fourth-order valence-corrected chi connectivity index (χ4v) is 4.62. The molecule has 0 radical (unpaired) electrons. The van der Waals surface area contributed by atoms with Crippen LogP contribution in [-0.2, 0) is 0 Å². The van der Waals surface area contributed by atoms with Crippen molar-refractivity contribution in [1.82, 2.24) is 0 Å². The number of fused-ring (bicyclic) bond motifs is 7. The average Bonchev–Trinajstić information content (AvgIpc) is 2.78. The van der Waals surface area contributed by atoms with E-state index in [2.05, 4.69) is 29.6 Å². The predicted octanol–water partition coefficient (Wildman–Crippen LogP) is 6.78. The number of para-hydroxylation sites is 1. The molecule has 0 aliphatic carbocycles. The van der Waals surface area contributed by atoms with Crippen LogP contribution < -0.4 is 10.9 Å². The number of anilines is 1. The molecule has 4 aromatic carbocycles. The highest BCUT2D eigenvalue weighted by molar-refractivity contribution is 6.30. The quantitative estimate of drug-likeness (QED) is 0.310. The number of nitrogens with one attached hydrogen (secondary N) is 1. The Kier molecular flexibility index (Phi) is 3.74. The van der Waals surface area contributed by atoms with Gasteiger partial charge in [-0.15, -0.1) is 0 Å².